The normalized spacial score (nSPS) is 10.8. The predicted octanol–water partition coefficient (Wildman–Crippen LogP) is 2.13. The molecule has 0 spiro atoms. The molecule has 0 atom stereocenters. The molecular formula is C16H27N3O. The van der Waals surface area contributed by atoms with E-state index in [2.05, 4.69) is 50.4 Å². The average Bonchev–Trinajstić information content (AvgIpc) is 2.38. The average molecular weight is 277 g/mol. The molecule has 0 unspecified atom stereocenters. The van der Waals surface area contributed by atoms with E-state index in [-0.39, 0.29) is 12.5 Å². The summed E-state index contributed by atoms with van der Waals surface area (Å²) < 4.78 is 0. The Morgan fingerprint density at radius 3 is 2.45 bits per heavy atom. The van der Waals surface area contributed by atoms with Gasteiger partial charge in [-0.15, -0.1) is 0 Å². The number of nitrogens with two attached hydrogens (primary N) is 1. The number of hydrogen-bond acceptors (Lipinski definition) is 3. The summed E-state index contributed by atoms with van der Waals surface area (Å²) in [5.41, 5.74) is 7.63. The Hall–Kier alpha value is -1.55. The fourth-order valence-electron chi connectivity index (χ4n) is 2.12. The van der Waals surface area contributed by atoms with Crippen LogP contribution in [-0.4, -0.2) is 25.5 Å². The first-order valence-electron chi connectivity index (χ1n) is 7.35. The molecule has 3 N–H and O–H groups in total. The number of anilines is 1. The lowest BCUT2D eigenvalue weighted by Crippen LogP contribution is -2.36. The molecule has 4 nitrogen and oxygen atoms in total. The topological polar surface area (TPSA) is 58.4 Å². The highest BCUT2D eigenvalue weighted by molar-refractivity contribution is 5.79. The van der Waals surface area contributed by atoms with Crippen molar-refractivity contribution >= 4 is 11.6 Å². The van der Waals surface area contributed by atoms with Crippen LogP contribution in [0.1, 0.15) is 32.8 Å². The lowest BCUT2D eigenvalue weighted by molar-refractivity contribution is -0.116. The van der Waals surface area contributed by atoms with Gasteiger partial charge >= 0.3 is 0 Å². The van der Waals surface area contributed by atoms with Gasteiger partial charge in [-0.25, -0.2) is 0 Å². The maximum Gasteiger partial charge on any atom is 0.236 e. The minimum Gasteiger partial charge on any atom is -0.368 e. The van der Waals surface area contributed by atoms with E-state index in [1.165, 1.54) is 5.56 Å². The van der Waals surface area contributed by atoms with Crippen LogP contribution in [0.4, 0.5) is 5.69 Å². The molecule has 0 saturated carbocycles. The molecule has 0 aliphatic carbocycles. The number of carbonyl (C=O) groups is 1. The summed E-state index contributed by atoms with van der Waals surface area (Å²) in [5, 5.41) is 3.38. The summed E-state index contributed by atoms with van der Waals surface area (Å²) in [6, 6.07) is 8.33. The van der Waals surface area contributed by atoms with Crippen molar-refractivity contribution in [3.05, 3.63) is 29.8 Å². The Kier molecular flexibility index (Phi) is 7.09. The number of nitrogens with zero attached hydrogens (tertiary/aromatic N) is 1. The number of carbonyl (C=O) groups excluding carboxylic acids is 1. The second-order valence-electron chi connectivity index (χ2n) is 5.58. The molecular weight excluding hydrogens is 250 g/mol. The van der Waals surface area contributed by atoms with Crippen molar-refractivity contribution in [3.8, 4) is 0 Å². The molecule has 0 saturated heterocycles. The molecule has 0 bridgehead atoms. The van der Waals surface area contributed by atoms with Gasteiger partial charge in [0.25, 0.3) is 0 Å². The van der Waals surface area contributed by atoms with Crippen molar-refractivity contribution < 1.29 is 4.79 Å². The molecule has 4 heteroatoms. The van der Waals surface area contributed by atoms with Gasteiger partial charge in [-0.2, -0.15) is 0 Å². The molecule has 0 aromatic heterocycles. The van der Waals surface area contributed by atoms with Crippen molar-refractivity contribution in [3.63, 3.8) is 0 Å². The number of amides is 1. The van der Waals surface area contributed by atoms with Crippen LogP contribution in [0.3, 0.4) is 0 Å². The van der Waals surface area contributed by atoms with E-state index in [0.29, 0.717) is 5.92 Å². The van der Waals surface area contributed by atoms with Crippen LogP contribution >= 0.6 is 0 Å². The van der Waals surface area contributed by atoms with Crippen molar-refractivity contribution in [1.29, 1.82) is 0 Å². The van der Waals surface area contributed by atoms with E-state index in [1.54, 1.807) is 0 Å². The van der Waals surface area contributed by atoms with Crippen LogP contribution in [0.2, 0.25) is 0 Å². The molecule has 0 radical (unpaired) electrons. The molecule has 0 aliphatic rings. The highest BCUT2D eigenvalue weighted by Gasteiger charge is 2.11. The van der Waals surface area contributed by atoms with Crippen molar-refractivity contribution in [1.82, 2.24) is 5.32 Å². The van der Waals surface area contributed by atoms with Crippen LogP contribution in [0.5, 0.6) is 0 Å². The van der Waals surface area contributed by atoms with Gasteiger partial charge in [0, 0.05) is 18.8 Å². The summed E-state index contributed by atoms with van der Waals surface area (Å²) in [7, 11) is 0. The molecule has 20 heavy (non-hydrogen) atoms. The van der Waals surface area contributed by atoms with Gasteiger partial charge in [-0.05, 0) is 36.6 Å². The lowest BCUT2D eigenvalue weighted by Gasteiger charge is -2.25. The first kappa shape index (κ1) is 16.5. The van der Waals surface area contributed by atoms with Crippen molar-refractivity contribution in [2.75, 3.05) is 24.5 Å². The fraction of sp³-hybridized carbons (Fsp3) is 0.562. The molecule has 112 valence electrons. The van der Waals surface area contributed by atoms with E-state index < -0.39 is 0 Å². The Morgan fingerprint density at radius 2 is 1.95 bits per heavy atom. The Morgan fingerprint density at radius 1 is 1.30 bits per heavy atom. The van der Waals surface area contributed by atoms with Gasteiger partial charge in [0.05, 0.1) is 6.54 Å². The number of rotatable bonds is 9. The molecule has 1 aromatic rings. The Labute approximate surface area is 122 Å². The summed E-state index contributed by atoms with van der Waals surface area (Å²) in [5.74, 6) is 0.194. The molecule has 1 rings (SSSR count). The zero-order valence-corrected chi connectivity index (χ0v) is 12.9. The van der Waals surface area contributed by atoms with Gasteiger partial charge in [0.15, 0.2) is 0 Å². The quantitative estimate of drug-likeness (QED) is 0.680. The molecule has 0 fully saturated rings. The van der Waals surface area contributed by atoms with Crippen molar-refractivity contribution in [2.45, 2.75) is 33.7 Å². The van der Waals surface area contributed by atoms with Gasteiger partial charge in [-0.3, -0.25) is 4.79 Å². The minimum atomic E-state index is -0.292. The van der Waals surface area contributed by atoms with Gasteiger partial charge < -0.3 is 16.0 Å². The number of benzene rings is 1. The second kappa shape index (κ2) is 8.59. The summed E-state index contributed by atoms with van der Waals surface area (Å²) in [4.78, 5) is 13.2. The number of nitrogens with one attached hydrogen (secondary N) is 1. The zero-order chi connectivity index (χ0) is 15.0. The summed E-state index contributed by atoms with van der Waals surface area (Å²) >= 11 is 0. The Bertz CT molecular complexity index is 401. The molecule has 0 heterocycles. The van der Waals surface area contributed by atoms with E-state index in [1.807, 2.05) is 4.90 Å². The predicted molar refractivity (Wildman–Crippen MR) is 84.7 cm³/mol. The highest BCUT2D eigenvalue weighted by atomic mass is 16.1. The van der Waals surface area contributed by atoms with E-state index >= 15 is 0 Å². The molecule has 1 aromatic carbocycles. The maximum absolute atomic E-state index is 11.2. The van der Waals surface area contributed by atoms with Crippen LogP contribution in [0.15, 0.2) is 24.3 Å². The largest absolute Gasteiger partial charge is 0.368 e. The van der Waals surface area contributed by atoms with Crippen LogP contribution in [0, 0.1) is 5.92 Å². The monoisotopic (exact) mass is 277 g/mol. The maximum atomic E-state index is 11.2. The van der Waals surface area contributed by atoms with E-state index in [0.717, 1.165) is 31.7 Å². The third-order valence-corrected chi connectivity index (χ3v) is 2.99. The highest BCUT2D eigenvalue weighted by Crippen LogP contribution is 2.16. The standard InChI is InChI=1S/C16H27N3O/c1-4-9-18-10-14-5-7-15(8-6-14)19(11-13(2)3)12-16(17)20/h5-8,13,18H,4,9-12H2,1-3H3,(H2,17,20). The second-order valence-corrected chi connectivity index (χ2v) is 5.58. The van der Waals surface area contributed by atoms with Crippen LogP contribution < -0.4 is 16.0 Å². The SMILES string of the molecule is CCCNCc1ccc(N(CC(N)=O)CC(C)C)cc1. The van der Waals surface area contributed by atoms with Crippen LogP contribution in [-0.2, 0) is 11.3 Å². The molecule has 0 aliphatic heterocycles. The zero-order valence-electron chi connectivity index (χ0n) is 12.9. The van der Waals surface area contributed by atoms with E-state index in [4.69, 9.17) is 5.73 Å². The minimum absolute atomic E-state index is 0.269. The van der Waals surface area contributed by atoms with Gasteiger partial charge in [0.1, 0.15) is 0 Å². The third-order valence-electron chi connectivity index (χ3n) is 2.99. The fourth-order valence-corrected chi connectivity index (χ4v) is 2.12. The third kappa shape index (κ3) is 6.06. The van der Waals surface area contributed by atoms with Crippen LogP contribution in [0.25, 0.3) is 0 Å². The Balaban J connectivity index is 2.68. The summed E-state index contributed by atoms with van der Waals surface area (Å²) in [6.45, 7) is 9.44. The molecule has 1 amide bonds. The number of hydrogen-bond donors (Lipinski definition) is 2. The smallest absolute Gasteiger partial charge is 0.236 e. The van der Waals surface area contributed by atoms with Crippen molar-refractivity contribution in [2.24, 2.45) is 11.7 Å². The lowest BCUT2D eigenvalue weighted by atomic mass is 10.1. The first-order valence-corrected chi connectivity index (χ1v) is 7.35. The van der Waals surface area contributed by atoms with E-state index in [9.17, 15) is 4.79 Å². The van der Waals surface area contributed by atoms with Gasteiger partial charge in [0.2, 0.25) is 5.91 Å². The number of primary amides is 1. The first-order chi connectivity index (χ1) is 9.52. The van der Waals surface area contributed by atoms with Gasteiger partial charge in [-0.1, -0.05) is 32.9 Å². The summed E-state index contributed by atoms with van der Waals surface area (Å²) in [6.07, 6.45) is 1.14.